The number of carbonyl (C=O) groups excluding carboxylic acids is 1. The first-order chi connectivity index (χ1) is 14.2. The lowest BCUT2D eigenvalue weighted by Gasteiger charge is -2.17. The number of rotatable bonds is 5. The Morgan fingerprint density at radius 2 is 1.87 bits per heavy atom. The van der Waals surface area contributed by atoms with Gasteiger partial charge in [0.05, 0.1) is 33.6 Å². The van der Waals surface area contributed by atoms with Crippen molar-refractivity contribution in [1.29, 1.82) is 0 Å². The fourth-order valence-corrected chi connectivity index (χ4v) is 2.94. The molecule has 6 nitrogen and oxygen atoms in total. The van der Waals surface area contributed by atoms with E-state index in [-0.39, 0.29) is 22.0 Å². The van der Waals surface area contributed by atoms with E-state index in [0.717, 1.165) is 10.7 Å². The number of aliphatic hydroxyl groups is 1. The second-order valence-electron chi connectivity index (χ2n) is 6.77. The Labute approximate surface area is 181 Å². The highest BCUT2D eigenvalue weighted by atomic mass is 35.5. The van der Waals surface area contributed by atoms with Gasteiger partial charge in [-0.3, -0.25) is 9.59 Å². The maximum atomic E-state index is 13.7. The van der Waals surface area contributed by atoms with Crippen LogP contribution in [0.15, 0.2) is 53.3 Å². The molecule has 0 saturated carbocycles. The molecule has 1 heterocycles. The van der Waals surface area contributed by atoms with Crippen molar-refractivity contribution in [3.05, 3.63) is 80.3 Å². The summed E-state index contributed by atoms with van der Waals surface area (Å²) in [5.41, 5.74) is -0.0403. The third-order valence-corrected chi connectivity index (χ3v) is 5.25. The molecular weight excluding hydrogens is 432 g/mol. The van der Waals surface area contributed by atoms with Gasteiger partial charge in [0, 0.05) is 5.56 Å². The van der Waals surface area contributed by atoms with Gasteiger partial charge in [-0.15, -0.1) is 0 Å². The van der Waals surface area contributed by atoms with E-state index in [1.54, 1.807) is 25.1 Å². The van der Waals surface area contributed by atoms with Crippen molar-refractivity contribution in [1.82, 2.24) is 15.1 Å². The molecule has 9 heteroatoms. The number of halogens is 3. The minimum Gasteiger partial charge on any atom is -0.391 e. The zero-order valence-corrected chi connectivity index (χ0v) is 17.6. The molecule has 156 valence electrons. The third-order valence-electron chi connectivity index (χ3n) is 4.51. The molecule has 1 aromatic heterocycles. The van der Waals surface area contributed by atoms with E-state index in [1.807, 2.05) is 0 Å². The Morgan fingerprint density at radius 1 is 1.13 bits per heavy atom. The van der Waals surface area contributed by atoms with Crippen LogP contribution in [0.25, 0.3) is 16.9 Å². The highest BCUT2D eigenvalue weighted by Gasteiger charge is 2.21. The Bertz CT molecular complexity index is 1160. The first-order valence-electron chi connectivity index (χ1n) is 9.02. The molecule has 0 radical (unpaired) electrons. The summed E-state index contributed by atoms with van der Waals surface area (Å²) in [5.74, 6) is -1.25. The molecule has 2 atom stereocenters. The minimum atomic E-state index is -0.823. The summed E-state index contributed by atoms with van der Waals surface area (Å²) in [6, 6.07) is 10.8. The molecule has 2 N–H and O–H groups in total. The van der Waals surface area contributed by atoms with Crippen LogP contribution in [0.4, 0.5) is 4.39 Å². The van der Waals surface area contributed by atoms with Gasteiger partial charge in [0.1, 0.15) is 11.4 Å². The molecule has 0 fully saturated rings. The van der Waals surface area contributed by atoms with Crippen molar-refractivity contribution in [2.24, 2.45) is 0 Å². The van der Waals surface area contributed by atoms with Crippen molar-refractivity contribution in [2.75, 3.05) is 0 Å². The number of hydrogen-bond donors (Lipinski definition) is 2. The molecule has 2 aromatic carbocycles. The normalized spacial score (nSPS) is 13.0. The Kier molecular flexibility index (Phi) is 6.55. The standard InChI is InChI=1S/C21H18Cl2FN3O3/c1-11(12(2)28)25-20(29)16-10-19(13-6-7-17(22)18(23)8-13)26-27(21(16)30)15-5-3-4-14(24)9-15/h3-12,28H,1-2H3,(H,25,29). The van der Waals surface area contributed by atoms with Crippen molar-refractivity contribution in [3.63, 3.8) is 0 Å². The average molecular weight is 450 g/mol. The second kappa shape index (κ2) is 8.95. The van der Waals surface area contributed by atoms with E-state index in [4.69, 9.17) is 23.2 Å². The Hall–Kier alpha value is -2.74. The average Bonchev–Trinajstić information content (AvgIpc) is 2.70. The Balaban J connectivity index is 2.20. The van der Waals surface area contributed by atoms with Gasteiger partial charge in [-0.05, 0) is 50.2 Å². The largest absolute Gasteiger partial charge is 0.391 e. The molecule has 0 spiro atoms. The number of hydrogen-bond acceptors (Lipinski definition) is 4. The van der Waals surface area contributed by atoms with Crippen LogP contribution in [0.1, 0.15) is 24.2 Å². The van der Waals surface area contributed by atoms with Crippen LogP contribution < -0.4 is 10.9 Å². The van der Waals surface area contributed by atoms with E-state index >= 15 is 0 Å². The predicted molar refractivity (Wildman–Crippen MR) is 114 cm³/mol. The lowest BCUT2D eigenvalue weighted by Crippen LogP contribution is -2.42. The summed E-state index contributed by atoms with van der Waals surface area (Å²) in [4.78, 5) is 25.7. The SMILES string of the molecule is CC(O)C(C)NC(=O)c1cc(-c2ccc(Cl)c(Cl)c2)nn(-c2cccc(F)c2)c1=O. The summed E-state index contributed by atoms with van der Waals surface area (Å²) in [5, 5.41) is 17.1. The third kappa shape index (κ3) is 4.70. The quantitative estimate of drug-likeness (QED) is 0.619. The van der Waals surface area contributed by atoms with E-state index in [9.17, 15) is 19.1 Å². The molecule has 0 saturated heterocycles. The number of nitrogens with one attached hydrogen (secondary N) is 1. The molecule has 2 unspecified atom stereocenters. The molecule has 0 aliphatic rings. The minimum absolute atomic E-state index is 0.152. The van der Waals surface area contributed by atoms with Crippen LogP contribution in [0.5, 0.6) is 0 Å². The van der Waals surface area contributed by atoms with Gasteiger partial charge < -0.3 is 10.4 Å². The van der Waals surface area contributed by atoms with Gasteiger partial charge in [-0.1, -0.05) is 35.3 Å². The van der Waals surface area contributed by atoms with Crippen molar-refractivity contribution in [3.8, 4) is 16.9 Å². The maximum absolute atomic E-state index is 13.7. The Morgan fingerprint density at radius 3 is 2.50 bits per heavy atom. The molecule has 0 aliphatic heterocycles. The number of aliphatic hydroxyl groups excluding tert-OH is 1. The first kappa shape index (κ1) is 22.0. The maximum Gasteiger partial charge on any atom is 0.284 e. The van der Waals surface area contributed by atoms with E-state index in [0.29, 0.717) is 10.6 Å². The van der Waals surface area contributed by atoms with E-state index < -0.39 is 29.4 Å². The molecule has 3 aromatic rings. The fraction of sp³-hybridized carbons (Fsp3) is 0.190. The van der Waals surface area contributed by atoms with Crippen LogP contribution in [0, 0.1) is 5.82 Å². The van der Waals surface area contributed by atoms with Gasteiger partial charge in [0.15, 0.2) is 0 Å². The van der Waals surface area contributed by atoms with Crippen LogP contribution >= 0.6 is 23.2 Å². The van der Waals surface area contributed by atoms with Crippen LogP contribution in [0.2, 0.25) is 10.0 Å². The van der Waals surface area contributed by atoms with Gasteiger partial charge in [0.2, 0.25) is 0 Å². The lowest BCUT2D eigenvalue weighted by molar-refractivity contribution is 0.0871. The van der Waals surface area contributed by atoms with Gasteiger partial charge in [-0.25, -0.2) is 4.39 Å². The van der Waals surface area contributed by atoms with Gasteiger partial charge >= 0.3 is 0 Å². The molecule has 3 rings (SSSR count). The van der Waals surface area contributed by atoms with Crippen LogP contribution in [-0.4, -0.2) is 32.9 Å². The monoisotopic (exact) mass is 449 g/mol. The smallest absolute Gasteiger partial charge is 0.284 e. The molecule has 1 amide bonds. The van der Waals surface area contributed by atoms with Crippen molar-refractivity contribution < 1.29 is 14.3 Å². The lowest BCUT2D eigenvalue weighted by atomic mass is 10.1. The number of nitrogens with zero attached hydrogens (tertiary/aromatic N) is 2. The van der Waals surface area contributed by atoms with Crippen molar-refractivity contribution in [2.45, 2.75) is 26.0 Å². The number of benzene rings is 2. The number of amides is 1. The molecular formula is C21H18Cl2FN3O3. The van der Waals surface area contributed by atoms with Crippen LogP contribution in [-0.2, 0) is 0 Å². The highest BCUT2D eigenvalue weighted by molar-refractivity contribution is 6.42. The summed E-state index contributed by atoms with van der Waals surface area (Å²) in [6.07, 6.45) is -0.823. The van der Waals surface area contributed by atoms with E-state index in [2.05, 4.69) is 10.4 Å². The zero-order valence-electron chi connectivity index (χ0n) is 16.1. The van der Waals surface area contributed by atoms with Crippen LogP contribution in [0.3, 0.4) is 0 Å². The van der Waals surface area contributed by atoms with E-state index in [1.165, 1.54) is 31.2 Å². The molecule has 30 heavy (non-hydrogen) atoms. The summed E-state index contributed by atoms with van der Waals surface area (Å²) in [7, 11) is 0. The van der Waals surface area contributed by atoms with Gasteiger partial charge in [-0.2, -0.15) is 9.78 Å². The zero-order chi connectivity index (χ0) is 22.0. The number of aromatic nitrogens is 2. The second-order valence-corrected chi connectivity index (χ2v) is 7.59. The number of carbonyl (C=O) groups is 1. The summed E-state index contributed by atoms with van der Waals surface area (Å²) in [6.45, 7) is 3.12. The topological polar surface area (TPSA) is 84.2 Å². The van der Waals surface area contributed by atoms with Crippen molar-refractivity contribution >= 4 is 29.1 Å². The fourth-order valence-electron chi connectivity index (χ4n) is 2.64. The summed E-state index contributed by atoms with van der Waals surface area (Å²) < 4.78 is 14.7. The van der Waals surface area contributed by atoms with Gasteiger partial charge in [0.25, 0.3) is 11.5 Å². The molecule has 0 bridgehead atoms. The highest BCUT2D eigenvalue weighted by Crippen LogP contribution is 2.27. The predicted octanol–water partition coefficient (Wildman–Crippen LogP) is 3.84. The first-order valence-corrected chi connectivity index (χ1v) is 9.77. The molecule has 0 aliphatic carbocycles. The summed E-state index contributed by atoms with van der Waals surface area (Å²) >= 11 is 12.1.